The molecule has 3 aromatic rings. The highest BCUT2D eigenvalue weighted by Crippen LogP contribution is 2.38. The number of ether oxygens (including phenoxy) is 1. The fraction of sp³-hybridized carbons (Fsp3) is 0.278. The van der Waals surface area contributed by atoms with E-state index in [0.29, 0.717) is 0 Å². The van der Waals surface area contributed by atoms with E-state index >= 15 is 0 Å². The summed E-state index contributed by atoms with van der Waals surface area (Å²) in [7, 11) is 1.72. The molecule has 0 bridgehead atoms. The molecule has 0 spiro atoms. The standard InChI is InChI=1S/C18H18BrIN2O/c1-4-22-15-8-7-12(19)10-14(15)16(20)18(22)13-6-5-9-21-17(13)11(2)23-3/h5-11H,4H2,1-3H3/t11-/m0/s1. The van der Waals surface area contributed by atoms with Gasteiger partial charge in [-0.05, 0) is 66.8 Å². The van der Waals surface area contributed by atoms with Gasteiger partial charge in [0.1, 0.15) is 0 Å². The Labute approximate surface area is 158 Å². The quantitative estimate of drug-likeness (QED) is 0.437. The van der Waals surface area contributed by atoms with E-state index in [0.717, 1.165) is 22.3 Å². The fourth-order valence-electron chi connectivity index (χ4n) is 2.93. The predicted molar refractivity (Wildman–Crippen MR) is 107 cm³/mol. The van der Waals surface area contributed by atoms with Gasteiger partial charge in [-0.15, -0.1) is 0 Å². The molecule has 0 radical (unpaired) electrons. The molecule has 0 unspecified atom stereocenters. The van der Waals surface area contributed by atoms with Crippen LogP contribution in [0.2, 0.25) is 0 Å². The molecule has 120 valence electrons. The van der Waals surface area contributed by atoms with Crippen molar-refractivity contribution in [3.05, 3.63) is 50.3 Å². The Kier molecular flexibility index (Phi) is 5.08. The number of hydrogen-bond donors (Lipinski definition) is 0. The second-order valence-electron chi connectivity index (χ2n) is 5.38. The number of aryl methyl sites for hydroxylation is 1. The molecule has 2 heterocycles. The Morgan fingerprint density at radius 1 is 1.35 bits per heavy atom. The van der Waals surface area contributed by atoms with Crippen LogP contribution in [0, 0.1) is 3.57 Å². The number of benzene rings is 1. The zero-order chi connectivity index (χ0) is 16.6. The second kappa shape index (κ2) is 6.91. The lowest BCUT2D eigenvalue weighted by Gasteiger charge is -2.16. The Bertz CT molecular complexity index is 860. The lowest BCUT2D eigenvalue weighted by atomic mass is 10.1. The normalized spacial score (nSPS) is 12.7. The van der Waals surface area contributed by atoms with E-state index in [1.54, 1.807) is 7.11 Å². The first-order valence-corrected chi connectivity index (χ1v) is 9.41. The number of methoxy groups -OCH3 is 1. The fourth-order valence-corrected chi connectivity index (χ4v) is 4.31. The Hall–Kier alpha value is -0.920. The third-order valence-corrected chi connectivity index (χ3v) is 5.70. The van der Waals surface area contributed by atoms with Gasteiger partial charge >= 0.3 is 0 Å². The van der Waals surface area contributed by atoms with Crippen molar-refractivity contribution >= 4 is 49.4 Å². The molecule has 0 saturated heterocycles. The minimum absolute atomic E-state index is 0.0444. The van der Waals surface area contributed by atoms with Crippen LogP contribution in [-0.4, -0.2) is 16.7 Å². The zero-order valence-electron chi connectivity index (χ0n) is 13.3. The van der Waals surface area contributed by atoms with Gasteiger partial charge < -0.3 is 9.30 Å². The summed E-state index contributed by atoms with van der Waals surface area (Å²) in [4.78, 5) is 4.58. The van der Waals surface area contributed by atoms with Crippen molar-refractivity contribution in [3.63, 3.8) is 0 Å². The van der Waals surface area contributed by atoms with E-state index in [4.69, 9.17) is 4.74 Å². The third-order valence-electron chi connectivity index (χ3n) is 4.11. The van der Waals surface area contributed by atoms with Crippen LogP contribution in [0.3, 0.4) is 0 Å². The van der Waals surface area contributed by atoms with Crippen molar-refractivity contribution in [2.75, 3.05) is 7.11 Å². The van der Waals surface area contributed by atoms with Gasteiger partial charge in [0.2, 0.25) is 0 Å². The zero-order valence-corrected chi connectivity index (χ0v) is 17.1. The number of aromatic nitrogens is 2. The monoisotopic (exact) mass is 484 g/mol. The Morgan fingerprint density at radius 2 is 2.13 bits per heavy atom. The molecule has 2 aromatic heterocycles. The van der Waals surface area contributed by atoms with Gasteiger partial charge in [0.05, 0.1) is 17.5 Å². The molecule has 23 heavy (non-hydrogen) atoms. The summed E-state index contributed by atoms with van der Waals surface area (Å²) in [5.74, 6) is 0. The molecule has 0 saturated carbocycles. The average molecular weight is 485 g/mol. The molecule has 0 aliphatic heterocycles. The Balaban J connectivity index is 2.35. The molecule has 0 N–H and O–H groups in total. The molecular formula is C18H18BrIN2O. The maximum Gasteiger partial charge on any atom is 0.0969 e. The largest absolute Gasteiger partial charge is 0.375 e. The van der Waals surface area contributed by atoms with Crippen molar-refractivity contribution in [2.45, 2.75) is 26.5 Å². The summed E-state index contributed by atoms with van der Waals surface area (Å²) >= 11 is 6.03. The van der Waals surface area contributed by atoms with E-state index < -0.39 is 0 Å². The average Bonchev–Trinajstić information content (AvgIpc) is 2.85. The third kappa shape index (κ3) is 2.94. The molecule has 3 nitrogen and oxygen atoms in total. The number of hydrogen-bond acceptors (Lipinski definition) is 2. The maximum absolute atomic E-state index is 5.52. The van der Waals surface area contributed by atoms with E-state index in [1.165, 1.54) is 20.2 Å². The second-order valence-corrected chi connectivity index (χ2v) is 7.38. The van der Waals surface area contributed by atoms with Crippen LogP contribution < -0.4 is 0 Å². The van der Waals surface area contributed by atoms with Crippen molar-refractivity contribution in [3.8, 4) is 11.3 Å². The van der Waals surface area contributed by atoms with Crippen LogP contribution in [0.15, 0.2) is 41.0 Å². The molecule has 0 aliphatic rings. The number of fused-ring (bicyclic) bond motifs is 1. The highest BCUT2D eigenvalue weighted by molar-refractivity contribution is 14.1. The van der Waals surface area contributed by atoms with Crippen LogP contribution in [0.4, 0.5) is 0 Å². The number of rotatable bonds is 4. The molecule has 0 amide bonds. The van der Waals surface area contributed by atoms with Gasteiger partial charge in [-0.1, -0.05) is 15.9 Å². The summed E-state index contributed by atoms with van der Waals surface area (Å²) in [6, 6.07) is 10.6. The first-order chi connectivity index (χ1) is 11.1. The molecule has 0 fully saturated rings. The summed E-state index contributed by atoms with van der Waals surface area (Å²) < 4.78 is 10.2. The molecule has 0 aliphatic carbocycles. The van der Waals surface area contributed by atoms with Crippen molar-refractivity contribution in [1.82, 2.24) is 9.55 Å². The van der Waals surface area contributed by atoms with Crippen LogP contribution in [0.1, 0.15) is 25.6 Å². The number of nitrogens with zero attached hydrogens (tertiary/aromatic N) is 2. The lowest BCUT2D eigenvalue weighted by Crippen LogP contribution is -2.05. The molecule has 1 atom stereocenters. The SMILES string of the molecule is CCn1c(-c2cccnc2[C@H](C)OC)c(I)c2cc(Br)ccc21. The smallest absolute Gasteiger partial charge is 0.0969 e. The highest BCUT2D eigenvalue weighted by Gasteiger charge is 2.21. The first kappa shape index (κ1) is 16.9. The molecule has 5 heteroatoms. The van der Waals surface area contributed by atoms with Crippen LogP contribution in [0.25, 0.3) is 22.2 Å². The van der Waals surface area contributed by atoms with E-state index in [9.17, 15) is 0 Å². The van der Waals surface area contributed by atoms with Crippen molar-refractivity contribution in [1.29, 1.82) is 0 Å². The van der Waals surface area contributed by atoms with E-state index in [1.807, 2.05) is 19.2 Å². The summed E-state index contributed by atoms with van der Waals surface area (Å²) in [5, 5.41) is 1.26. The van der Waals surface area contributed by atoms with Crippen LogP contribution in [-0.2, 0) is 11.3 Å². The van der Waals surface area contributed by atoms with E-state index in [-0.39, 0.29) is 6.10 Å². The van der Waals surface area contributed by atoms with Gasteiger partial charge in [0, 0.05) is 44.4 Å². The van der Waals surface area contributed by atoms with Gasteiger partial charge in [-0.2, -0.15) is 0 Å². The predicted octanol–water partition coefficient (Wildman–Crippen LogP) is 5.80. The number of pyridine rings is 1. The highest BCUT2D eigenvalue weighted by atomic mass is 127. The van der Waals surface area contributed by atoms with Gasteiger partial charge in [0.15, 0.2) is 0 Å². The van der Waals surface area contributed by atoms with Crippen LogP contribution in [0.5, 0.6) is 0 Å². The van der Waals surface area contributed by atoms with Crippen molar-refractivity contribution < 1.29 is 4.74 Å². The van der Waals surface area contributed by atoms with Gasteiger partial charge in [-0.3, -0.25) is 4.98 Å². The lowest BCUT2D eigenvalue weighted by molar-refractivity contribution is 0.116. The topological polar surface area (TPSA) is 27.1 Å². The van der Waals surface area contributed by atoms with E-state index in [2.05, 4.69) is 79.3 Å². The summed E-state index contributed by atoms with van der Waals surface area (Å²) in [6.45, 7) is 5.12. The number of halogens is 2. The summed E-state index contributed by atoms with van der Waals surface area (Å²) in [6.07, 6.45) is 1.79. The summed E-state index contributed by atoms with van der Waals surface area (Å²) in [5.41, 5.74) is 4.58. The van der Waals surface area contributed by atoms with Crippen LogP contribution >= 0.6 is 38.5 Å². The molecule has 3 rings (SSSR count). The first-order valence-electron chi connectivity index (χ1n) is 7.53. The minimum Gasteiger partial charge on any atom is -0.375 e. The van der Waals surface area contributed by atoms with Gasteiger partial charge in [-0.25, -0.2) is 0 Å². The molecule has 1 aromatic carbocycles. The van der Waals surface area contributed by atoms with Crippen molar-refractivity contribution in [2.24, 2.45) is 0 Å². The molecular weight excluding hydrogens is 467 g/mol. The maximum atomic E-state index is 5.52. The minimum atomic E-state index is -0.0444. The van der Waals surface area contributed by atoms with Gasteiger partial charge in [0.25, 0.3) is 0 Å². The Morgan fingerprint density at radius 3 is 2.83 bits per heavy atom.